The summed E-state index contributed by atoms with van der Waals surface area (Å²) in [6.07, 6.45) is 11.4. The zero-order valence-corrected chi connectivity index (χ0v) is 21.2. The summed E-state index contributed by atoms with van der Waals surface area (Å²) in [7, 11) is 0. The second-order valence-electron chi connectivity index (χ2n) is 11.2. The monoisotopic (exact) mass is 438 g/mol. The molecule has 3 rings (SSSR count). The normalized spacial score (nSPS) is 21.1. The predicted molar refractivity (Wildman–Crippen MR) is 133 cm³/mol. The van der Waals surface area contributed by atoms with E-state index in [1.807, 2.05) is 19.9 Å². The van der Waals surface area contributed by atoms with Crippen LogP contribution in [-0.2, 0) is 21.0 Å². The van der Waals surface area contributed by atoms with E-state index in [9.17, 15) is 9.90 Å². The van der Waals surface area contributed by atoms with Crippen molar-refractivity contribution in [3.63, 3.8) is 0 Å². The number of fused-ring (bicyclic) bond motifs is 1. The highest BCUT2D eigenvalue weighted by Gasteiger charge is 2.47. The van der Waals surface area contributed by atoms with E-state index in [1.165, 1.54) is 29.5 Å². The third kappa shape index (κ3) is 4.82. The minimum Gasteiger partial charge on any atom is -0.493 e. The molecule has 0 amide bonds. The Kier molecular flexibility index (Phi) is 6.98. The summed E-state index contributed by atoms with van der Waals surface area (Å²) >= 11 is 0. The van der Waals surface area contributed by atoms with E-state index >= 15 is 0 Å². The molecule has 0 heterocycles. The summed E-state index contributed by atoms with van der Waals surface area (Å²) in [5.41, 5.74) is 6.09. The van der Waals surface area contributed by atoms with Gasteiger partial charge >= 0.3 is 5.97 Å². The van der Waals surface area contributed by atoms with Gasteiger partial charge in [-0.2, -0.15) is 0 Å². The summed E-state index contributed by atoms with van der Waals surface area (Å²) in [6.45, 7) is 16.2. The standard InChI is InChI=1S/C29H42O3/c1-8-17-32-25-19-23-22(27(4,5)13-14-28(23,6)7)18-24(25)29(15-16-29)12-10-11-20(3)21(9-2)26(30)31/h10-11,18-19H,8-9,12-17H2,1-7H3,(H,30,31). The first-order chi connectivity index (χ1) is 15.0. The third-order valence-electron chi connectivity index (χ3n) is 7.80. The van der Waals surface area contributed by atoms with E-state index in [-0.39, 0.29) is 16.2 Å². The van der Waals surface area contributed by atoms with E-state index in [0.717, 1.165) is 43.6 Å². The van der Waals surface area contributed by atoms with Gasteiger partial charge in [0.05, 0.1) is 6.61 Å². The SMILES string of the molecule is CCCOc1cc2c(cc1C1(CC=CC(C)=C(CC)C(=O)O)CC1)C(C)(C)CCC2(C)C. The Hall–Kier alpha value is -2.03. The summed E-state index contributed by atoms with van der Waals surface area (Å²) in [6, 6.07) is 4.83. The molecule has 0 spiro atoms. The van der Waals surface area contributed by atoms with E-state index in [4.69, 9.17) is 4.74 Å². The highest BCUT2D eigenvalue weighted by atomic mass is 16.5. The van der Waals surface area contributed by atoms with Gasteiger partial charge in [0.25, 0.3) is 0 Å². The number of rotatable bonds is 9. The molecule has 1 aromatic carbocycles. The number of hydrogen-bond acceptors (Lipinski definition) is 2. The number of carboxylic acids is 1. The number of benzene rings is 1. The maximum atomic E-state index is 11.5. The Morgan fingerprint density at radius 3 is 2.09 bits per heavy atom. The first-order valence-electron chi connectivity index (χ1n) is 12.4. The van der Waals surface area contributed by atoms with Crippen LogP contribution in [0, 0.1) is 0 Å². The van der Waals surface area contributed by atoms with Crippen LogP contribution in [0.25, 0.3) is 0 Å². The predicted octanol–water partition coefficient (Wildman–Crippen LogP) is 7.61. The Labute approximate surface area is 195 Å². The van der Waals surface area contributed by atoms with Gasteiger partial charge in [0.2, 0.25) is 0 Å². The van der Waals surface area contributed by atoms with Crippen LogP contribution in [0.3, 0.4) is 0 Å². The summed E-state index contributed by atoms with van der Waals surface area (Å²) in [5.74, 6) is 0.250. The van der Waals surface area contributed by atoms with Crippen molar-refractivity contribution in [2.75, 3.05) is 6.61 Å². The molecule has 0 atom stereocenters. The van der Waals surface area contributed by atoms with Gasteiger partial charge in [-0.25, -0.2) is 4.79 Å². The lowest BCUT2D eigenvalue weighted by molar-refractivity contribution is -0.132. The summed E-state index contributed by atoms with van der Waals surface area (Å²) in [4.78, 5) is 11.5. The van der Waals surface area contributed by atoms with Crippen molar-refractivity contribution >= 4 is 5.97 Å². The topological polar surface area (TPSA) is 46.5 Å². The number of ether oxygens (including phenoxy) is 1. The molecule has 0 saturated heterocycles. The Morgan fingerprint density at radius 2 is 1.59 bits per heavy atom. The average molecular weight is 439 g/mol. The van der Waals surface area contributed by atoms with Crippen LogP contribution in [0.2, 0.25) is 0 Å². The molecule has 1 saturated carbocycles. The highest BCUT2D eigenvalue weighted by Crippen LogP contribution is 2.57. The molecule has 0 bridgehead atoms. The molecular weight excluding hydrogens is 396 g/mol. The minimum absolute atomic E-state index is 0.113. The second kappa shape index (κ2) is 9.08. The zero-order chi connectivity index (χ0) is 23.7. The van der Waals surface area contributed by atoms with Crippen LogP contribution in [0.15, 0.2) is 35.4 Å². The fraction of sp³-hybridized carbons (Fsp3) is 0.621. The molecule has 0 unspecified atom stereocenters. The van der Waals surface area contributed by atoms with Crippen LogP contribution >= 0.6 is 0 Å². The van der Waals surface area contributed by atoms with Crippen LogP contribution in [-0.4, -0.2) is 17.7 Å². The van der Waals surface area contributed by atoms with Crippen molar-refractivity contribution in [3.8, 4) is 5.75 Å². The van der Waals surface area contributed by atoms with E-state index in [2.05, 4.69) is 52.8 Å². The molecule has 0 aromatic heterocycles. The molecule has 3 nitrogen and oxygen atoms in total. The van der Waals surface area contributed by atoms with Crippen LogP contribution in [0.5, 0.6) is 5.75 Å². The van der Waals surface area contributed by atoms with Crippen molar-refractivity contribution in [1.82, 2.24) is 0 Å². The molecule has 1 N–H and O–H groups in total. The fourth-order valence-corrected chi connectivity index (χ4v) is 5.23. The number of hydrogen-bond donors (Lipinski definition) is 1. The van der Waals surface area contributed by atoms with Gasteiger partial charge in [-0.1, -0.05) is 59.8 Å². The van der Waals surface area contributed by atoms with Crippen LogP contribution < -0.4 is 4.74 Å². The molecule has 3 heteroatoms. The van der Waals surface area contributed by atoms with Gasteiger partial charge in [0.15, 0.2) is 0 Å². The smallest absolute Gasteiger partial charge is 0.331 e. The van der Waals surface area contributed by atoms with Crippen molar-refractivity contribution in [1.29, 1.82) is 0 Å². The molecule has 176 valence electrons. The van der Waals surface area contributed by atoms with E-state index < -0.39 is 5.97 Å². The molecular formula is C29H42O3. The van der Waals surface area contributed by atoms with Crippen LogP contribution in [0.4, 0.5) is 0 Å². The maximum Gasteiger partial charge on any atom is 0.331 e. The lowest BCUT2D eigenvalue weighted by atomic mass is 9.62. The zero-order valence-electron chi connectivity index (χ0n) is 21.2. The van der Waals surface area contributed by atoms with Crippen molar-refractivity contribution in [2.24, 2.45) is 0 Å². The third-order valence-corrected chi connectivity index (χ3v) is 7.80. The summed E-state index contributed by atoms with van der Waals surface area (Å²) < 4.78 is 6.34. The number of carbonyl (C=O) groups is 1. The molecule has 0 radical (unpaired) electrons. The molecule has 2 aliphatic rings. The Balaban J connectivity index is 2.01. The van der Waals surface area contributed by atoms with Gasteiger partial charge < -0.3 is 9.84 Å². The number of carboxylic acid groups (broad SMARTS) is 1. The van der Waals surface area contributed by atoms with Gasteiger partial charge in [0.1, 0.15) is 5.75 Å². The maximum absolute atomic E-state index is 11.5. The summed E-state index contributed by atoms with van der Waals surface area (Å²) in [5, 5.41) is 9.41. The lowest BCUT2D eigenvalue weighted by Gasteiger charge is -2.42. The van der Waals surface area contributed by atoms with Crippen molar-refractivity contribution in [3.05, 3.63) is 52.1 Å². The quantitative estimate of drug-likeness (QED) is 0.319. The molecule has 0 aliphatic heterocycles. The van der Waals surface area contributed by atoms with E-state index in [0.29, 0.717) is 12.0 Å². The van der Waals surface area contributed by atoms with Gasteiger partial charge in [-0.05, 0) is 85.5 Å². The fourth-order valence-electron chi connectivity index (χ4n) is 5.23. The lowest BCUT2D eigenvalue weighted by Crippen LogP contribution is -2.34. The highest BCUT2D eigenvalue weighted by molar-refractivity contribution is 5.87. The van der Waals surface area contributed by atoms with Gasteiger partial charge in [-0.15, -0.1) is 0 Å². The van der Waals surface area contributed by atoms with Crippen molar-refractivity contribution < 1.29 is 14.6 Å². The molecule has 32 heavy (non-hydrogen) atoms. The van der Waals surface area contributed by atoms with Gasteiger partial charge in [-0.3, -0.25) is 0 Å². The van der Waals surface area contributed by atoms with Crippen molar-refractivity contribution in [2.45, 2.75) is 110 Å². The number of allylic oxidation sites excluding steroid dienone is 3. The number of aliphatic carboxylic acids is 1. The Bertz CT molecular complexity index is 926. The molecule has 2 aliphatic carbocycles. The molecule has 1 aromatic rings. The average Bonchev–Trinajstić information content (AvgIpc) is 3.50. The Morgan fingerprint density at radius 1 is 1.00 bits per heavy atom. The second-order valence-corrected chi connectivity index (χ2v) is 11.2. The first kappa shape index (κ1) is 24.6. The molecule has 1 fully saturated rings. The largest absolute Gasteiger partial charge is 0.493 e. The van der Waals surface area contributed by atoms with Gasteiger partial charge in [0, 0.05) is 16.6 Å². The first-order valence-corrected chi connectivity index (χ1v) is 12.4. The minimum atomic E-state index is -0.814. The van der Waals surface area contributed by atoms with Crippen LogP contribution in [0.1, 0.15) is 110 Å². The van der Waals surface area contributed by atoms with E-state index in [1.54, 1.807) is 0 Å².